The molecule has 1 N–H and O–H groups in total. The minimum atomic E-state index is -0.831. The molecule has 0 radical (unpaired) electrons. The van der Waals surface area contributed by atoms with Gasteiger partial charge in [0.25, 0.3) is 0 Å². The summed E-state index contributed by atoms with van der Waals surface area (Å²) >= 11 is 0. The van der Waals surface area contributed by atoms with Crippen LogP contribution in [0, 0.1) is 11.6 Å². The Morgan fingerprint density at radius 3 is 2.24 bits per heavy atom. The van der Waals surface area contributed by atoms with E-state index in [4.69, 9.17) is 9.47 Å². The quantitative estimate of drug-likeness (QED) is 0.673. The molecule has 120 valence electrons. The lowest BCUT2D eigenvalue weighted by molar-refractivity contribution is -0.153. The van der Waals surface area contributed by atoms with Crippen molar-refractivity contribution in [1.29, 1.82) is 0 Å². The zero-order valence-electron chi connectivity index (χ0n) is 13.0. The maximum atomic E-state index is 13.3. The topological polar surface area (TPSA) is 30.5 Å². The van der Waals surface area contributed by atoms with Gasteiger partial charge in [0.2, 0.25) is 0 Å². The third-order valence-corrected chi connectivity index (χ3v) is 3.09. The molecule has 0 aliphatic carbocycles. The second-order valence-corrected chi connectivity index (χ2v) is 4.79. The highest BCUT2D eigenvalue weighted by molar-refractivity contribution is 5.19. The Morgan fingerprint density at radius 1 is 1.05 bits per heavy atom. The van der Waals surface area contributed by atoms with Crippen molar-refractivity contribution in [2.45, 2.75) is 45.9 Å². The maximum absolute atomic E-state index is 13.3. The van der Waals surface area contributed by atoms with E-state index < -0.39 is 17.9 Å². The molecule has 0 aliphatic rings. The Labute approximate surface area is 125 Å². The predicted molar refractivity (Wildman–Crippen MR) is 79.2 cm³/mol. The molecule has 0 aliphatic heterocycles. The fourth-order valence-electron chi connectivity index (χ4n) is 2.12. The molecule has 0 heterocycles. The van der Waals surface area contributed by atoms with Crippen LogP contribution in [0.4, 0.5) is 8.78 Å². The van der Waals surface area contributed by atoms with Crippen LogP contribution in [0.2, 0.25) is 0 Å². The molecule has 21 heavy (non-hydrogen) atoms. The Kier molecular flexibility index (Phi) is 8.42. The molecule has 1 aromatic carbocycles. The second-order valence-electron chi connectivity index (χ2n) is 4.79. The van der Waals surface area contributed by atoms with Gasteiger partial charge in [-0.2, -0.15) is 0 Å². The first-order valence-electron chi connectivity index (χ1n) is 7.52. The monoisotopic (exact) mass is 301 g/mol. The molecule has 3 nitrogen and oxygen atoms in total. The number of benzene rings is 1. The van der Waals surface area contributed by atoms with Crippen LogP contribution in [-0.2, 0) is 15.9 Å². The van der Waals surface area contributed by atoms with Gasteiger partial charge in [-0.3, -0.25) is 0 Å². The lowest BCUT2D eigenvalue weighted by atomic mass is 10.0. The molecular weight excluding hydrogens is 276 g/mol. The van der Waals surface area contributed by atoms with Crippen molar-refractivity contribution in [2.24, 2.45) is 0 Å². The molecule has 0 aromatic heterocycles. The summed E-state index contributed by atoms with van der Waals surface area (Å²) in [6.45, 7) is 7.75. The second kappa shape index (κ2) is 9.82. The average Bonchev–Trinajstić information content (AvgIpc) is 2.47. The first-order chi connectivity index (χ1) is 10.1. The van der Waals surface area contributed by atoms with Crippen LogP contribution in [-0.4, -0.2) is 32.1 Å². The van der Waals surface area contributed by atoms with Crippen LogP contribution < -0.4 is 5.32 Å². The van der Waals surface area contributed by atoms with E-state index in [1.165, 1.54) is 6.07 Å². The van der Waals surface area contributed by atoms with E-state index in [2.05, 4.69) is 12.2 Å². The molecule has 0 spiro atoms. The third-order valence-electron chi connectivity index (χ3n) is 3.09. The largest absolute Gasteiger partial charge is 0.351 e. The summed E-state index contributed by atoms with van der Waals surface area (Å²) in [7, 11) is 0. The Hall–Kier alpha value is -1.04. The molecule has 0 bridgehead atoms. The van der Waals surface area contributed by atoms with Gasteiger partial charge in [0.15, 0.2) is 17.9 Å². The fraction of sp³-hybridized carbons (Fsp3) is 0.625. The predicted octanol–water partition coefficient (Wildman–Crippen LogP) is 3.27. The van der Waals surface area contributed by atoms with Crippen LogP contribution in [0.15, 0.2) is 18.2 Å². The minimum Gasteiger partial charge on any atom is -0.351 e. The molecule has 1 rings (SSSR count). The summed E-state index contributed by atoms with van der Waals surface area (Å²) in [5, 5.41) is 3.36. The van der Waals surface area contributed by atoms with Crippen LogP contribution >= 0.6 is 0 Å². The molecule has 0 saturated heterocycles. The van der Waals surface area contributed by atoms with Gasteiger partial charge in [-0.05, 0) is 50.9 Å². The summed E-state index contributed by atoms with van der Waals surface area (Å²) in [6.07, 6.45) is 1.08. The van der Waals surface area contributed by atoms with E-state index >= 15 is 0 Å². The van der Waals surface area contributed by atoms with Gasteiger partial charge < -0.3 is 14.8 Å². The number of hydrogen-bond donors (Lipinski definition) is 1. The highest BCUT2D eigenvalue weighted by Crippen LogP contribution is 2.14. The van der Waals surface area contributed by atoms with Gasteiger partial charge in [0.1, 0.15) is 0 Å². The summed E-state index contributed by atoms with van der Waals surface area (Å²) in [4.78, 5) is 0. The Bertz CT molecular complexity index is 409. The molecule has 0 fully saturated rings. The van der Waals surface area contributed by atoms with Crippen molar-refractivity contribution in [1.82, 2.24) is 5.32 Å². The maximum Gasteiger partial charge on any atom is 0.172 e. The standard InChI is InChI=1S/C16H25F2NO2/c1-4-9-19-15(16(20-5-2)21-6-3)11-12-7-8-13(17)14(18)10-12/h7-8,10,15-16,19H,4-6,9,11H2,1-3H3. The fourth-order valence-corrected chi connectivity index (χ4v) is 2.12. The summed E-state index contributed by atoms with van der Waals surface area (Å²) in [5.74, 6) is -1.66. The van der Waals surface area contributed by atoms with E-state index in [0.717, 1.165) is 19.0 Å². The summed E-state index contributed by atoms with van der Waals surface area (Å²) in [6, 6.07) is 3.87. The Morgan fingerprint density at radius 2 is 1.71 bits per heavy atom. The molecule has 1 aromatic rings. The van der Waals surface area contributed by atoms with Gasteiger partial charge in [0.05, 0.1) is 6.04 Å². The number of ether oxygens (including phenoxy) is 2. The van der Waals surface area contributed by atoms with Gasteiger partial charge in [-0.25, -0.2) is 8.78 Å². The smallest absolute Gasteiger partial charge is 0.172 e. The summed E-state index contributed by atoms with van der Waals surface area (Å²) in [5.41, 5.74) is 0.715. The lowest BCUT2D eigenvalue weighted by Crippen LogP contribution is -2.45. The molecule has 1 atom stereocenters. The molecular formula is C16H25F2NO2. The number of nitrogens with one attached hydrogen (secondary N) is 1. The highest BCUT2D eigenvalue weighted by Gasteiger charge is 2.22. The van der Waals surface area contributed by atoms with E-state index in [-0.39, 0.29) is 6.04 Å². The van der Waals surface area contributed by atoms with Crippen LogP contribution in [0.5, 0.6) is 0 Å². The molecule has 0 saturated carbocycles. The van der Waals surface area contributed by atoms with Crippen LogP contribution in [0.1, 0.15) is 32.8 Å². The first-order valence-corrected chi connectivity index (χ1v) is 7.52. The van der Waals surface area contributed by atoms with Crippen molar-refractivity contribution in [3.63, 3.8) is 0 Å². The van der Waals surface area contributed by atoms with Crippen LogP contribution in [0.3, 0.4) is 0 Å². The van der Waals surface area contributed by atoms with Gasteiger partial charge >= 0.3 is 0 Å². The van der Waals surface area contributed by atoms with Crippen molar-refractivity contribution in [3.05, 3.63) is 35.4 Å². The van der Waals surface area contributed by atoms with Crippen molar-refractivity contribution < 1.29 is 18.3 Å². The summed E-state index contributed by atoms with van der Waals surface area (Å²) < 4.78 is 37.6. The van der Waals surface area contributed by atoms with E-state index in [0.29, 0.717) is 25.2 Å². The normalized spacial score (nSPS) is 12.9. The van der Waals surface area contributed by atoms with E-state index in [9.17, 15) is 8.78 Å². The molecule has 1 unspecified atom stereocenters. The number of rotatable bonds is 10. The minimum absolute atomic E-state index is 0.102. The average molecular weight is 301 g/mol. The van der Waals surface area contributed by atoms with Gasteiger partial charge in [0, 0.05) is 13.2 Å². The van der Waals surface area contributed by atoms with Crippen LogP contribution in [0.25, 0.3) is 0 Å². The molecule has 0 amide bonds. The lowest BCUT2D eigenvalue weighted by Gasteiger charge is -2.28. The SMILES string of the molecule is CCCNC(Cc1ccc(F)c(F)c1)C(OCC)OCC. The van der Waals surface area contributed by atoms with Gasteiger partial charge in [-0.15, -0.1) is 0 Å². The van der Waals surface area contributed by atoms with Crippen molar-refractivity contribution >= 4 is 0 Å². The highest BCUT2D eigenvalue weighted by atomic mass is 19.2. The number of hydrogen-bond acceptors (Lipinski definition) is 3. The third kappa shape index (κ3) is 6.08. The van der Waals surface area contributed by atoms with Gasteiger partial charge in [-0.1, -0.05) is 13.0 Å². The first kappa shape index (κ1) is 18.0. The zero-order valence-corrected chi connectivity index (χ0v) is 13.0. The molecule has 5 heteroatoms. The van der Waals surface area contributed by atoms with Crippen molar-refractivity contribution in [2.75, 3.05) is 19.8 Å². The zero-order chi connectivity index (χ0) is 15.7. The van der Waals surface area contributed by atoms with E-state index in [1.807, 2.05) is 13.8 Å². The Balaban J connectivity index is 2.81. The van der Waals surface area contributed by atoms with E-state index in [1.54, 1.807) is 6.07 Å². The number of halogens is 2. The van der Waals surface area contributed by atoms with Crippen molar-refractivity contribution in [3.8, 4) is 0 Å².